The van der Waals surface area contributed by atoms with Gasteiger partial charge in [-0.1, -0.05) is 54.6 Å². The minimum Gasteiger partial charge on any atom is -0.469 e. The Kier molecular flexibility index (Phi) is 5.47. The van der Waals surface area contributed by atoms with Gasteiger partial charge < -0.3 is 9.47 Å². The van der Waals surface area contributed by atoms with E-state index in [1.54, 1.807) is 12.1 Å². The average Bonchev–Trinajstić information content (AvgIpc) is 3.39. The van der Waals surface area contributed by atoms with Gasteiger partial charge in [0.05, 0.1) is 18.9 Å². The Labute approximate surface area is 170 Å². The molecule has 4 rings (SSSR count). The maximum atomic E-state index is 12.7. The predicted molar refractivity (Wildman–Crippen MR) is 107 cm³/mol. The van der Waals surface area contributed by atoms with Crippen LogP contribution in [0.15, 0.2) is 54.6 Å². The Morgan fingerprint density at radius 1 is 0.828 bits per heavy atom. The second-order valence-electron chi connectivity index (χ2n) is 7.88. The fraction of sp³-hybridized carbons (Fsp3) is 0.375. The molecule has 5 heteroatoms. The van der Waals surface area contributed by atoms with E-state index >= 15 is 0 Å². The van der Waals surface area contributed by atoms with Crippen molar-refractivity contribution in [2.24, 2.45) is 23.7 Å². The van der Waals surface area contributed by atoms with E-state index in [1.807, 2.05) is 42.5 Å². The summed E-state index contributed by atoms with van der Waals surface area (Å²) in [4.78, 5) is 37.3. The third kappa shape index (κ3) is 3.82. The summed E-state index contributed by atoms with van der Waals surface area (Å²) in [5.74, 6) is -1.65. The van der Waals surface area contributed by atoms with Crippen LogP contribution in [0, 0.1) is 23.7 Å². The lowest BCUT2D eigenvalue weighted by molar-refractivity contribution is -0.161. The van der Waals surface area contributed by atoms with Crippen molar-refractivity contribution >= 4 is 17.7 Å². The van der Waals surface area contributed by atoms with E-state index in [2.05, 4.69) is 0 Å². The van der Waals surface area contributed by atoms with Gasteiger partial charge in [-0.3, -0.25) is 14.4 Å². The highest BCUT2D eigenvalue weighted by Crippen LogP contribution is 2.53. The largest absolute Gasteiger partial charge is 0.469 e. The zero-order valence-electron chi connectivity index (χ0n) is 16.4. The maximum Gasteiger partial charge on any atom is 0.310 e. The monoisotopic (exact) mass is 392 g/mol. The quantitative estimate of drug-likeness (QED) is 0.551. The summed E-state index contributed by atoms with van der Waals surface area (Å²) in [5, 5.41) is 0. The summed E-state index contributed by atoms with van der Waals surface area (Å²) in [6, 6.07) is 17.1. The predicted octanol–water partition coefficient (Wildman–Crippen LogP) is 3.91. The Morgan fingerprint density at radius 3 is 2.03 bits per heavy atom. The number of carbonyl (C=O) groups excluding carboxylic acids is 3. The molecule has 0 amide bonds. The lowest BCUT2D eigenvalue weighted by Crippen LogP contribution is -2.37. The number of benzene rings is 2. The van der Waals surface area contributed by atoms with Crippen LogP contribution in [0.3, 0.4) is 0 Å². The molecule has 2 fully saturated rings. The molecular formula is C24H24O5. The molecule has 0 unspecified atom stereocenters. The molecule has 0 aromatic heterocycles. The summed E-state index contributed by atoms with van der Waals surface area (Å²) in [6.45, 7) is -0.314. The number of methoxy groups -OCH3 is 1. The van der Waals surface area contributed by atoms with Crippen molar-refractivity contribution in [1.82, 2.24) is 0 Å². The molecule has 0 spiro atoms. The van der Waals surface area contributed by atoms with Gasteiger partial charge in [0.2, 0.25) is 0 Å². The van der Waals surface area contributed by atoms with Crippen molar-refractivity contribution in [3.8, 4) is 11.1 Å². The van der Waals surface area contributed by atoms with E-state index in [4.69, 9.17) is 9.47 Å². The van der Waals surface area contributed by atoms with E-state index in [0.717, 1.165) is 30.4 Å². The van der Waals surface area contributed by atoms with Crippen LogP contribution in [0.5, 0.6) is 0 Å². The molecule has 2 aliphatic rings. The van der Waals surface area contributed by atoms with Crippen LogP contribution in [0.2, 0.25) is 0 Å². The first-order valence-electron chi connectivity index (χ1n) is 10.0. The summed E-state index contributed by atoms with van der Waals surface area (Å²) in [6.07, 6.45) is 2.72. The second kappa shape index (κ2) is 8.19. The first-order valence-corrected chi connectivity index (χ1v) is 10.0. The van der Waals surface area contributed by atoms with Crippen LogP contribution in [-0.4, -0.2) is 31.4 Å². The van der Waals surface area contributed by atoms with Gasteiger partial charge in [0.1, 0.15) is 0 Å². The van der Waals surface area contributed by atoms with Crippen molar-refractivity contribution in [3.63, 3.8) is 0 Å². The molecule has 2 aliphatic carbocycles. The summed E-state index contributed by atoms with van der Waals surface area (Å²) in [7, 11) is 1.35. The van der Waals surface area contributed by atoms with E-state index in [1.165, 1.54) is 7.11 Å². The van der Waals surface area contributed by atoms with E-state index in [-0.39, 0.29) is 30.2 Å². The van der Waals surface area contributed by atoms with Gasteiger partial charge in [-0.25, -0.2) is 0 Å². The molecule has 0 N–H and O–H groups in total. The van der Waals surface area contributed by atoms with Gasteiger partial charge in [0, 0.05) is 5.56 Å². The highest BCUT2D eigenvalue weighted by atomic mass is 16.5. The zero-order valence-corrected chi connectivity index (χ0v) is 16.4. The normalized spacial score (nSPS) is 24.9. The maximum absolute atomic E-state index is 12.7. The summed E-state index contributed by atoms with van der Waals surface area (Å²) < 4.78 is 10.2. The van der Waals surface area contributed by atoms with Crippen molar-refractivity contribution in [2.75, 3.05) is 13.7 Å². The van der Waals surface area contributed by atoms with Crippen LogP contribution < -0.4 is 0 Å². The number of Topliss-reactive ketones (excluding diaryl/α,β-unsaturated/α-hetero) is 1. The van der Waals surface area contributed by atoms with Gasteiger partial charge in [-0.2, -0.15) is 0 Å². The van der Waals surface area contributed by atoms with Crippen LogP contribution in [-0.2, 0) is 19.1 Å². The van der Waals surface area contributed by atoms with Crippen LogP contribution in [0.1, 0.15) is 29.6 Å². The third-order valence-electron chi connectivity index (χ3n) is 6.32. The average molecular weight is 392 g/mol. The lowest BCUT2D eigenvalue weighted by atomic mass is 9.79. The molecule has 2 aromatic carbocycles. The first-order chi connectivity index (χ1) is 14.1. The fourth-order valence-corrected chi connectivity index (χ4v) is 4.90. The van der Waals surface area contributed by atoms with Crippen LogP contribution in [0.25, 0.3) is 11.1 Å². The standard InChI is InChI=1S/C24H24O5/c1-28-23(26)21-18-11-12-19(13-18)22(21)24(27)29-14-20(25)17-9-7-16(8-10-17)15-5-3-2-4-6-15/h2-10,18-19,21-22H,11-14H2,1H3/t18-,19-,21+,22+/m0/s1. The number of ketones is 1. The zero-order chi connectivity index (χ0) is 20.4. The third-order valence-corrected chi connectivity index (χ3v) is 6.32. The molecule has 5 nitrogen and oxygen atoms in total. The van der Waals surface area contributed by atoms with Gasteiger partial charge in [-0.05, 0) is 42.2 Å². The Hall–Kier alpha value is -2.95. The molecular weight excluding hydrogens is 368 g/mol. The minimum absolute atomic E-state index is 0.150. The lowest BCUT2D eigenvalue weighted by Gasteiger charge is -2.27. The smallest absolute Gasteiger partial charge is 0.310 e. The minimum atomic E-state index is -0.491. The molecule has 150 valence electrons. The number of hydrogen-bond acceptors (Lipinski definition) is 5. The van der Waals surface area contributed by atoms with Crippen LogP contribution >= 0.6 is 0 Å². The number of ether oxygens (including phenoxy) is 2. The Bertz CT molecular complexity index is 903. The van der Waals surface area contributed by atoms with E-state index < -0.39 is 17.8 Å². The topological polar surface area (TPSA) is 69.7 Å². The number of esters is 2. The number of carbonyl (C=O) groups is 3. The molecule has 0 heterocycles. The molecule has 0 saturated heterocycles. The van der Waals surface area contributed by atoms with Crippen molar-refractivity contribution in [3.05, 3.63) is 60.2 Å². The summed E-state index contributed by atoms with van der Waals surface area (Å²) in [5.41, 5.74) is 2.58. The summed E-state index contributed by atoms with van der Waals surface area (Å²) >= 11 is 0. The van der Waals surface area contributed by atoms with E-state index in [0.29, 0.717) is 5.56 Å². The molecule has 29 heavy (non-hydrogen) atoms. The van der Waals surface area contributed by atoms with Gasteiger partial charge in [-0.15, -0.1) is 0 Å². The molecule has 0 radical (unpaired) electrons. The SMILES string of the molecule is COC(=O)[C@@H]1[C@H]2CC[C@@H](C2)[C@H]1C(=O)OCC(=O)c1ccc(-c2ccccc2)cc1. The van der Waals surface area contributed by atoms with Crippen molar-refractivity contribution in [1.29, 1.82) is 0 Å². The number of hydrogen-bond donors (Lipinski definition) is 0. The molecule has 2 bridgehead atoms. The van der Waals surface area contributed by atoms with E-state index in [9.17, 15) is 14.4 Å². The first kappa shape index (κ1) is 19.4. The van der Waals surface area contributed by atoms with Crippen LogP contribution in [0.4, 0.5) is 0 Å². The van der Waals surface area contributed by atoms with Crippen molar-refractivity contribution in [2.45, 2.75) is 19.3 Å². The highest BCUT2D eigenvalue weighted by molar-refractivity contribution is 5.98. The Balaban J connectivity index is 1.38. The van der Waals surface area contributed by atoms with Gasteiger partial charge >= 0.3 is 11.9 Å². The molecule has 4 atom stereocenters. The number of fused-ring (bicyclic) bond motifs is 2. The highest BCUT2D eigenvalue weighted by Gasteiger charge is 2.55. The van der Waals surface area contributed by atoms with Gasteiger partial charge in [0.25, 0.3) is 0 Å². The number of rotatable bonds is 6. The van der Waals surface area contributed by atoms with Crippen molar-refractivity contribution < 1.29 is 23.9 Å². The fourth-order valence-electron chi connectivity index (χ4n) is 4.90. The Morgan fingerprint density at radius 2 is 1.41 bits per heavy atom. The van der Waals surface area contributed by atoms with Gasteiger partial charge in [0.15, 0.2) is 12.4 Å². The molecule has 0 aliphatic heterocycles. The molecule has 2 aromatic rings. The molecule has 2 saturated carbocycles. The second-order valence-corrected chi connectivity index (χ2v) is 7.88.